The molecular formula is C23H39IN4O3. The van der Waals surface area contributed by atoms with E-state index in [1.807, 2.05) is 52.0 Å². The molecule has 0 saturated heterocycles. The maximum atomic E-state index is 12.1. The molecule has 0 bridgehead atoms. The molecule has 1 amide bonds. The van der Waals surface area contributed by atoms with Crippen LogP contribution in [0.1, 0.15) is 58.1 Å². The number of rotatable bonds is 7. The van der Waals surface area contributed by atoms with Crippen molar-refractivity contribution in [2.24, 2.45) is 10.9 Å². The lowest BCUT2D eigenvalue weighted by Gasteiger charge is -2.24. The molecule has 2 unspecified atom stereocenters. The maximum Gasteiger partial charge on any atom is 0.410 e. The highest BCUT2D eigenvalue weighted by molar-refractivity contribution is 14.0. The van der Waals surface area contributed by atoms with E-state index in [-0.39, 0.29) is 36.2 Å². The van der Waals surface area contributed by atoms with Gasteiger partial charge in [-0.05, 0) is 51.7 Å². The number of nitrogens with one attached hydrogen (secondary N) is 2. The Morgan fingerprint density at radius 2 is 1.84 bits per heavy atom. The van der Waals surface area contributed by atoms with Crippen LogP contribution >= 0.6 is 24.0 Å². The number of halogens is 1. The third-order valence-electron chi connectivity index (χ3n) is 5.06. The van der Waals surface area contributed by atoms with Crippen molar-refractivity contribution in [3.63, 3.8) is 0 Å². The van der Waals surface area contributed by atoms with Crippen molar-refractivity contribution in [1.82, 2.24) is 15.5 Å². The van der Waals surface area contributed by atoms with Crippen LogP contribution in [0.3, 0.4) is 0 Å². The largest absolute Gasteiger partial charge is 0.444 e. The fourth-order valence-corrected chi connectivity index (χ4v) is 3.42. The van der Waals surface area contributed by atoms with E-state index in [0.717, 1.165) is 49.4 Å². The Bertz CT molecular complexity index is 704. The number of aliphatic imine (C=N–C) groups is 1. The summed E-state index contributed by atoms with van der Waals surface area (Å²) in [4.78, 5) is 18.3. The molecule has 0 aromatic heterocycles. The zero-order valence-electron chi connectivity index (χ0n) is 19.5. The molecule has 0 aliphatic heterocycles. The van der Waals surface area contributed by atoms with Gasteiger partial charge in [-0.15, -0.1) is 24.0 Å². The smallest absolute Gasteiger partial charge is 0.410 e. The molecule has 1 aliphatic rings. The van der Waals surface area contributed by atoms with Crippen molar-refractivity contribution in [3.8, 4) is 0 Å². The number of ether oxygens (including phenoxy) is 1. The molecule has 176 valence electrons. The summed E-state index contributed by atoms with van der Waals surface area (Å²) in [6, 6.07) is 8.10. The van der Waals surface area contributed by atoms with Gasteiger partial charge in [-0.25, -0.2) is 9.79 Å². The number of amides is 1. The van der Waals surface area contributed by atoms with E-state index >= 15 is 0 Å². The van der Waals surface area contributed by atoms with E-state index in [0.29, 0.717) is 19.0 Å². The fourth-order valence-electron chi connectivity index (χ4n) is 3.42. The van der Waals surface area contributed by atoms with Gasteiger partial charge in [0, 0.05) is 32.6 Å². The summed E-state index contributed by atoms with van der Waals surface area (Å²) >= 11 is 0. The first-order valence-corrected chi connectivity index (χ1v) is 10.9. The highest BCUT2D eigenvalue weighted by atomic mass is 127. The Labute approximate surface area is 204 Å². The summed E-state index contributed by atoms with van der Waals surface area (Å²) in [7, 11) is 1.74. The number of benzene rings is 1. The molecule has 0 radical (unpaired) electrons. The van der Waals surface area contributed by atoms with Gasteiger partial charge in [0.2, 0.25) is 0 Å². The van der Waals surface area contributed by atoms with Gasteiger partial charge in [0.05, 0.1) is 12.6 Å². The van der Waals surface area contributed by atoms with Crippen LogP contribution in [0.4, 0.5) is 4.79 Å². The Morgan fingerprint density at radius 3 is 2.39 bits per heavy atom. The Morgan fingerprint density at radius 1 is 1.19 bits per heavy atom. The fraction of sp³-hybridized carbons (Fsp3) is 0.652. The summed E-state index contributed by atoms with van der Waals surface area (Å²) in [5.41, 5.74) is 1.63. The van der Waals surface area contributed by atoms with Crippen molar-refractivity contribution in [1.29, 1.82) is 0 Å². The summed E-state index contributed by atoms with van der Waals surface area (Å²) in [6.07, 6.45) is 2.52. The maximum absolute atomic E-state index is 12.1. The molecule has 0 heterocycles. The molecule has 1 saturated carbocycles. The van der Waals surface area contributed by atoms with Gasteiger partial charge >= 0.3 is 6.09 Å². The van der Waals surface area contributed by atoms with Crippen LogP contribution in [0, 0.1) is 5.92 Å². The number of carbonyl (C=O) groups excluding carboxylic acids is 1. The topological polar surface area (TPSA) is 86.2 Å². The predicted octanol–water partition coefficient (Wildman–Crippen LogP) is 3.89. The van der Waals surface area contributed by atoms with Gasteiger partial charge in [0.15, 0.2) is 5.96 Å². The van der Waals surface area contributed by atoms with Crippen molar-refractivity contribution in [3.05, 3.63) is 35.4 Å². The zero-order valence-corrected chi connectivity index (χ0v) is 21.8. The molecule has 0 spiro atoms. The van der Waals surface area contributed by atoms with Crippen LogP contribution in [-0.4, -0.2) is 53.9 Å². The van der Waals surface area contributed by atoms with Crippen LogP contribution in [-0.2, 0) is 17.8 Å². The molecule has 1 aromatic rings. The number of aliphatic hydroxyl groups is 1. The minimum Gasteiger partial charge on any atom is -0.444 e. The van der Waals surface area contributed by atoms with Gasteiger partial charge in [0.1, 0.15) is 5.60 Å². The monoisotopic (exact) mass is 546 g/mol. The van der Waals surface area contributed by atoms with E-state index in [2.05, 4.69) is 15.6 Å². The van der Waals surface area contributed by atoms with Gasteiger partial charge < -0.3 is 25.4 Å². The van der Waals surface area contributed by atoms with Crippen molar-refractivity contribution in [2.45, 2.75) is 71.8 Å². The van der Waals surface area contributed by atoms with Crippen molar-refractivity contribution in [2.75, 3.05) is 20.1 Å². The van der Waals surface area contributed by atoms with Crippen LogP contribution in [0.5, 0.6) is 0 Å². The summed E-state index contributed by atoms with van der Waals surface area (Å²) in [6.45, 7) is 10.2. The standard InChI is InChI=1S/C23H38N4O3.HI/c1-6-24-21(26-15-19-8-7-9-20(19)28)25-14-17-10-12-18(13-11-17)16-27(5)22(29)30-23(2,3)4;/h10-13,19-20,28H,6-9,14-16H2,1-5H3,(H2,24,25,26);1H. The van der Waals surface area contributed by atoms with Crippen LogP contribution < -0.4 is 10.6 Å². The highest BCUT2D eigenvalue weighted by Gasteiger charge is 2.25. The van der Waals surface area contributed by atoms with E-state index < -0.39 is 5.60 Å². The van der Waals surface area contributed by atoms with E-state index in [1.165, 1.54) is 0 Å². The lowest BCUT2D eigenvalue weighted by Crippen LogP contribution is -2.41. The summed E-state index contributed by atoms with van der Waals surface area (Å²) in [5.74, 6) is 1.07. The first-order chi connectivity index (χ1) is 14.2. The molecule has 7 nitrogen and oxygen atoms in total. The van der Waals surface area contributed by atoms with Crippen LogP contribution in [0.2, 0.25) is 0 Å². The van der Waals surface area contributed by atoms with Crippen molar-refractivity contribution < 1.29 is 14.6 Å². The van der Waals surface area contributed by atoms with E-state index in [9.17, 15) is 9.90 Å². The number of guanidine groups is 1. The van der Waals surface area contributed by atoms with Gasteiger partial charge in [-0.2, -0.15) is 0 Å². The highest BCUT2D eigenvalue weighted by Crippen LogP contribution is 2.24. The number of nitrogens with zero attached hydrogens (tertiary/aromatic N) is 2. The lowest BCUT2D eigenvalue weighted by atomic mass is 10.1. The Kier molecular flexibility index (Phi) is 11.6. The normalized spacial score (nSPS) is 18.8. The van der Waals surface area contributed by atoms with E-state index in [1.54, 1.807) is 11.9 Å². The van der Waals surface area contributed by atoms with Gasteiger partial charge in [-0.3, -0.25) is 0 Å². The second-order valence-electron chi connectivity index (χ2n) is 8.99. The third-order valence-corrected chi connectivity index (χ3v) is 5.06. The lowest BCUT2D eigenvalue weighted by molar-refractivity contribution is 0.0285. The molecule has 1 aliphatic carbocycles. The summed E-state index contributed by atoms with van der Waals surface area (Å²) in [5, 5.41) is 16.6. The molecule has 3 N–H and O–H groups in total. The second-order valence-corrected chi connectivity index (χ2v) is 8.99. The molecular weight excluding hydrogens is 507 g/mol. The number of hydrogen-bond acceptors (Lipinski definition) is 4. The number of aliphatic hydroxyl groups excluding tert-OH is 1. The SMILES string of the molecule is CCNC(=NCc1ccc(CN(C)C(=O)OC(C)(C)C)cc1)NCC1CCCC1O.I. The average molecular weight is 546 g/mol. The zero-order chi connectivity index (χ0) is 22.1. The van der Waals surface area contributed by atoms with E-state index in [4.69, 9.17) is 4.74 Å². The van der Waals surface area contributed by atoms with Crippen LogP contribution in [0.25, 0.3) is 0 Å². The third kappa shape index (κ3) is 10.1. The minimum atomic E-state index is -0.499. The van der Waals surface area contributed by atoms with Crippen molar-refractivity contribution >= 4 is 36.0 Å². The first-order valence-electron chi connectivity index (χ1n) is 10.9. The Balaban J connectivity index is 0.00000480. The molecule has 1 aromatic carbocycles. The molecule has 31 heavy (non-hydrogen) atoms. The van der Waals surface area contributed by atoms with Gasteiger partial charge in [-0.1, -0.05) is 30.7 Å². The Hall–Kier alpha value is -1.55. The first kappa shape index (κ1) is 27.5. The summed E-state index contributed by atoms with van der Waals surface area (Å²) < 4.78 is 5.39. The predicted molar refractivity (Wildman–Crippen MR) is 136 cm³/mol. The second kappa shape index (κ2) is 13.1. The number of carbonyl (C=O) groups is 1. The number of hydrogen-bond donors (Lipinski definition) is 3. The quantitative estimate of drug-likeness (QED) is 0.275. The van der Waals surface area contributed by atoms with Gasteiger partial charge in [0.25, 0.3) is 0 Å². The molecule has 8 heteroatoms. The molecule has 1 fully saturated rings. The minimum absolute atomic E-state index is 0. The molecule has 2 rings (SSSR count). The molecule has 2 atom stereocenters. The van der Waals surface area contributed by atoms with Crippen LogP contribution in [0.15, 0.2) is 29.3 Å². The average Bonchev–Trinajstić information content (AvgIpc) is 3.08.